The van der Waals surface area contributed by atoms with E-state index in [0.29, 0.717) is 35.0 Å². The molecule has 1 N–H and O–H groups in total. The Kier molecular flexibility index (Phi) is 4.66. The summed E-state index contributed by atoms with van der Waals surface area (Å²) in [7, 11) is 0. The van der Waals surface area contributed by atoms with Gasteiger partial charge in [0.25, 0.3) is 0 Å². The molecule has 8 nitrogen and oxygen atoms in total. The Hall–Kier alpha value is -3.55. The highest BCUT2D eigenvalue weighted by Gasteiger charge is 2.54. The smallest absolute Gasteiger partial charge is 0.231 e. The van der Waals surface area contributed by atoms with Crippen molar-refractivity contribution in [2.24, 2.45) is 23.2 Å². The number of rotatable bonds is 4. The lowest BCUT2D eigenvalue weighted by molar-refractivity contribution is -0.140. The van der Waals surface area contributed by atoms with Gasteiger partial charge in [-0.3, -0.25) is 4.79 Å². The molecule has 36 heavy (non-hydrogen) atoms. The van der Waals surface area contributed by atoms with E-state index >= 15 is 0 Å². The van der Waals surface area contributed by atoms with Gasteiger partial charge in [-0.25, -0.2) is 14.6 Å². The lowest BCUT2D eigenvalue weighted by atomic mass is 9.49. The number of amides is 1. The number of fused-ring (bicyclic) bond motifs is 1. The fourth-order valence-electron chi connectivity index (χ4n) is 7.61. The second-order valence-corrected chi connectivity index (χ2v) is 11.5. The minimum absolute atomic E-state index is 0.152. The van der Waals surface area contributed by atoms with E-state index < -0.39 is 0 Å². The number of hydrogen-bond acceptors (Lipinski definition) is 5. The molecule has 8 rings (SSSR count). The number of carbonyl (C=O) groups excluding carboxylic acids is 1. The number of aromatic nitrogens is 6. The average Bonchev–Trinajstić information content (AvgIpc) is 3.41. The van der Waals surface area contributed by atoms with Crippen LogP contribution in [0.4, 0.5) is 5.82 Å². The van der Waals surface area contributed by atoms with Gasteiger partial charge in [-0.1, -0.05) is 17.7 Å². The number of benzene rings is 1. The van der Waals surface area contributed by atoms with Crippen LogP contribution in [0.5, 0.6) is 0 Å². The van der Waals surface area contributed by atoms with Crippen LogP contribution in [0, 0.1) is 43.9 Å². The summed E-state index contributed by atoms with van der Waals surface area (Å²) < 4.78 is 3.59. The number of aryl methyl sites for hydroxylation is 3. The topological polar surface area (TPSA) is 90.5 Å². The molecule has 4 aliphatic rings. The van der Waals surface area contributed by atoms with Gasteiger partial charge in [0, 0.05) is 6.07 Å². The first kappa shape index (κ1) is 21.7. The highest BCUT2D eigenvalue weighted by molar-refractivity contribution is 5.95. The van der Waals surface area contributed by atoms with Gasteiger partial charge in [0.2, 0.25) is 5.91 Å². The van der Waals surface area contributed by atoms with Crippen molar-refractivity contribution in [3.05, 3.63) is 53.6 Å². The molecule has 1 amide bonds. The third kappa shape index (κ3) is 3.30. The van der Waals surface area contributed by atoms with Crippen molar-refractivity contribution in [2.45, 2.75) is 59.3 Å². The molecule has 0 aliphatic heterocycles. The van der Waals surface area contributed by atoms with E-state index in [2.05, 4.69) is 52.4 Å². The fraction of sp³-hybridized carbons (Fsp3) is 0.464. The van der Waals surface area contributed by atoms with Gasteiger partial charge in [-0.15, -0.1) is 0 Å². The summed E-state index contributed by atoms with van der Waals surface area (Å²) in [6, 6.07) is 8.21. The summed E-state index contributed by atoms with van der Waals surface area (Å²) in [6.45, 7) is 6.10. The highest BCUT2D eigenvalue weighted by Crippen LogP contribution is 2.60. The molecule has 4 aromatic rings. The Balaban J connectivity index is 1.26. The molecular weight excluding hydrogens is 450 g/mol. The molecule has 4 saturated carbocycles. The summed E-state index contributed by atoms with van der Waals surface area (Å²) >= 11 is 0. The molecule has 4 bridgehead atoms. The Labute approximate surface area is 210 Å². The molecule has 4 fully saturated rings. The molecule has 0 unspecified atom stereocenters. The number of carbonyl (C=O) groups is 1. The maximum absolute atomic E-state index is 13.8. The molecule has 3 heterocycles. The molecule has 0 atom stereocenters. The predicted molar refractivity (Wildman–Crippen MR) is 137 cm³/mol. The molecule has 3 aromatic heterocycles. The molecule has 184 valence electrons. The van der Waals surface area contributed by atoms with Crippen LogP contribution in [0.15, 0.2) is 36.8 Å². The van der Waals surface area contributed by atoms with E-state index in [9.17, 15) is 4.79 Å². The zero-order valence-corrected chi connectivity index (χ0v) is 21.0. The van der Waals surface area contributed by atoms with Crippen LogP contribution in [0.2, 0.25) is 0 Å². The number of nitrogens with one attached hydrogen (secondary N) is 1. The van der Waals surface area contributed by atoms with Crippen molar-refractivity contribution < 1.29 is 4.79 Å². The first-order chi connectivity index (χ1) is 17.4. The third-order valence-electron chi connectivity index (χ3n) is 8.72. The molecule has 8 heteroatoms. The number of hydrogen-bond donors (Lipinski definition) is 1. The van der Waals surface area contributed by atoms with E-state index in [1.54, 1.807) is 17.2 Å². The molecule has 0 saturated heterocycles. The van der Waals surface area contributed by atoms with Gasteiger partial charge < -0.3 is 5.32 Å². The maximum Gasteiger partial charge on any atom is 0.231 e. The largest absolute Gasteiger partial charge is 0.310 e. The van der Waals surface area contributed by atoms with Crippen LogP contribution in [0.25, 0.3) is 22.5 Å². The van der Waals surface area contributed by atoms with E-state index in [1.807, 2.05) is 17.7 Å². The monoisotopic (exact) mass is 481 g/mol. The first-order valence-corrected chi connectivity index (χ1v) is 13.0. The van der Waals surface area contributed by atoms with Crippen molar-refractivity contribution in [1.82, 2.24) is 29.5 Å². The van der Waals surface area contributed by atoms with Crippen molar-refractivity contribution in [3.8, 4) is 11.5 Å². The average molecular weight is 482 g/mol. The van der Waals surface area contributed by atoms with Gasteiger partial charge >= 0.3 is 0 Å². The lowest BCUT2D eigenvalue weighted by Gasteiger charge is -2.55. The van der Waals surface area contributed by atoms with E-state index in [0.717, 1.165) is 41.6 Å². The van der Waals surface area contributed by atoms with Crippen molar-refractivity contribution >= 4 is 22.8 Å². The van der Waals surface area contributed by atoms with Crippen LogP contribution in [0.3, 0.4) is 0 Å². The Morgan fingerprint density at radius 1 is 0.972 bits per heavy atom. The molecular formula is C28H31N7O. The Bertz CT molecular complexity index is 1480. The van der Waals surface area contributed by atoms with Gasteiger partial charge in [0.05, 0.1) is 28.4 Å². The minimum atomic E-state index is -0.230. The molecule has 4 aliphatic carbocycles. The van der Waals surface area contributed by atoms with Crippen LogP contribution in [-0.2, 0) is 4.79 Å². The Morgan fingerprint density at radius 3 is 2.39 bits per heavy atom. The van der Waals surface area contributed by atoms with Crippen LogP contribution in [-0.4, -0.2) is 35.4 Å². The summed E-state index contributed by atoms with van der Waals surface area (Å²) in [6.07, 6.45) is 10.3. The van der Waals surface area contributed by atoms with Gasteiger partial charge in [0.15, 0.2) is 11.5 Å². The standard InChI is InChI=1S/C28H31N7O/c1-16-4-5-23(17(2)6-16)34-25-22(14-31-34)26(30-15-29-25)35-24(7-18(3)33-35)32-27(36)28-11-19-8-20(12-28)10-21(9-19)13-28/h4-7,14-15,19-21H,8-13H2,1-3H3,(H,32,36). The highest BCUT2D eigenvalue weighted by atomic mass is 16.2. The van der Waals surface area contributed by atoms with E-state index in [-0.39, 0.29) is 11.3 Å². The SMILES string of the molecule is Cc1ccc(-n2ncc3c(-n4nc(C)cc4NC(=O)C45CC6CC(CC(C6)C4)C5)ncnc32)c(C)c1. The maximum atomic E-state index is 13.8. The number of nitrogens with zero attached hydrogens (tertiary/aromatic N) is 6. The zero-order chi connectivity index (χ0) is 24.6. The second kappa shape index (κ2) is 7.72. The predicted octanol–water partition coefficient (Wildman–Crippen LogP) is 5.08. The minimum Gasteiger partial charge on any atom is -0.310 e. The van der Waals surface area contributed by atoms with Gasteiger partial charge in [-0.05, 0) is 88.7 Å². The van der Waals surface area contributed by atoms with Crippen molar-refractivity contribution in [3.63, 3.8) is 0 Å². The molecule has 0 spiro atoms. The van der Waals surface area contributed by atoms with Crippen LogP contribution >= 0.6 is 0 Å². The Morgan fingerprint density at radius 2 is 1.69 bits per heavy atom. The first-order valence-electron chi connectivity index (χ1n) is 13.0. The van der Waals surface area contributed by atoms with Crippen molar-refractivity contribution in [1.29, 1.82) is 0 Å². The quantitative estimate of drug-likeness (QED) is 0.439. The second-order valence-electron chi connectivity index (χ2n) is 11.5. The van der Waals surface area contributed by atoms with Gasteiger partial charge in [-0.2, -0.15) is 14.9 Å². The van der Waals surface area contributed by atoms with Crippen molar-refractivity contribution in [2.75, 3.05) is 5.32 Å². The van der Waals surface area contributed by atoms with E-state index in [1.165, 1.54) is 24.8 Å². The zero-order valence-electron chi connectivity index (χ0n) is 21.0. The molecule has 1 aromatic carbocycles. The summed E-state index contributed by atoms with van der Waals surface area (Å²) in [5, 5.41) is 13.4. The van der Waals surface area contributed by atoms with Crippen LogP contribution < -0.4 is 5.32 Å². The fourth-order valence-corrected chi connectivity index (χ4v) is 7.61. The summed E-state index contributed by atoms with van der Waals surface area (Å²) in [5.74, 6) is 3.57. The third-order valence-corrected chi connectivity index (χ3v) is 8.72. The van der Waals surface area contributed by atoms with E-state index in [4.69, 9.17) is 5.10 Å². The lowest BCUT2D eigenvalue weighted by Crippen LogP contribution is -2.51. The molecule has 0 radical (unpaired) electrons. The summed E-state index contributed by atoms with van der Waals surface area (Å²) in [4.78, 5) is 22.9. The normalized spacial score (nSPS) is 26.6. The van der Waals surface area contributed by atoms with Gasteiger partial charge in [0.1, 0.15) is 12.1 Å². The van der Waals surface area contributed by atoms with Crippen LogP contribution in [0.1, 0.15) is 55.3 Å². The summed E-state index contributed by atoms with van der Waals surface area (Å²) in [5.41, 5.74) is 4.61. The number of anilines is 1.